The number of benzene rings is 1. The Labute approximate surface area is 143 Å². The van der Waals surface area contributed by atoms with Crippen molar-refractivity contribution in [3.63, 3.8) is 0 Å². The van der Waals surface area contributed by atoms with E-state index in [2.05, 4.69) is 68.8 Å². The molecule has 2 rings (SSSR count). The van der Waals surface area contributed by atoms with Gasteiger partial charge >= 0.3 is 0 Å². The zero-order valence-corrected chi connectivity index (χ0v) is 14.8. The summed E-state index contributed by atoms with van der Waals surface area (Å²) in [6, 6.07) is 8.55. The standard InChI is InChI=1S/C17H26N6O/c1-5-23(15-8-6-7-13(2)11-15)10-9-19-17(18-4)20-12-16-21-14(3)22-24-16/h6-8,11H,5,9-10,12H2,1-4H3,(H2,18,19,20). The maximum atomic E-state index is 5.07. The number of guanidine groups is 1. The summed E-state index contributed by atoms with van der Waals surface area (Å²) in [7, 11) is 1.74. The van der Waals surface area contributed by atoms with Crippen LogP contribution in [-0.2, 0) is 6.54 Å². The van der Waals surface area contributed by atoms with Crippen LogP contribution >= 0.6 is 0 Å². The fourth-order valence-corrected chi connectivity index (χ4v) is 2.40. The minimum atomic E-state index is 0.454. The number of nitrogens with zero attached hydrogens (tertiary/aromatic N) is 4. The first-order chi connectivity index (χ1) is 11.6. The lowest BCUT2D eigenvalue weighted by Crippen LogP contribution is -2.41. The molecule has 0 bridgehead atoms. The molecule has 1 heterocycles. The van der Waals surface area contributed by atoms with E-state index in [1.807, 2.05) is 0 Å². The Kier molecular flexibility index (Phi) is 6.60. The van der Waals surface area contributed by atoms with Crippen molar-refractivity contribution >= 4 is 11.6 Å². The van der Waals surface area contributed by atoms with Gasteiger partial charge in [0.05, 0.1) is 6.54 Å². The molecule has 1 aromatic carbocycles. The van der Waals surface area contributed by atoms with Gasteiger partial charge in [-0.3, -0.25) is 4.99 Å². The predicted octanol–water partition coefficient (Wildman–Crippen LogP) is 1.88. The topological polar surface area (TPSA) is 78.6 Å². The molecule has 0 fully saturated rings. The molecule has 2 aromatic rings. The number of aliphatic imine (C=N–C) groups is 1. The van der Waals surface area contributed by atoms with Gasteiger partial charge in [-0.15, -0.1) is 0 Å². The van der Waals surface area contributed by atoms with Crippen molar-refractivity contribution in [1.29, 1.82) is 0 Å². The molecule has 0 unspecified atom stereocenters. The third-order valence-electron chi connectivity index (χ3n) is 3.62. The van der Waals surface area contributed by atoms with Gasteiger partial charge in [-0.2, -0.15) is 4.98 Å². The van der Waals surface area contributed by atoms with Crippen molar-refractivity contribution in [3.8, 4) is 0 Å². The highest BCUT2D eigenvalue weighted by Gasteiger charge is 2.06. The van der Waals surface area contributed by atoms with Gasteiger partial charge < -0.3 is 20.1 Å². The van der Waals surface area contributed by atoms with Gasteiger partial charge in [0.1, 0.15) is 0 Å². The molecule has 0 aliphatic heterocycles. The van der Waals surface area contributed by atoms with E-state index in [9.17, 15) is 0 Å². The van der Waals surface area contributed by atoms with Gasteiger partial charge in [0, 0.05) is 32.4 Å². The van der Waals surface area contributed by atoms with E-state index in [1.54, 1.807) is 14.0 Å². The van der Waals surface area contributed by atoms with Crippen LogP contribution in [-0.4, -0.2) is 42.8 Å². The Morgan fingerprint density at radius 1 is 1.29 bits per heavy atom. The maximum absolute atomic E-state index is 5.07. The zero-order valence-electron chi connectivity index (χ0n) is 14.8. The second kappa shape index (κ2) is 8.90. The second-order valence-electron chi connectivity index (χ2n) is 5.51. The van der Waals surface area contributed by atoms with Crippen molar-refractivity contribution in [2.45, 2.75) is 27.3 Å². The average molecular weight is 330 g/mol. The normalized spacial score (nSPS) is 11.4. The van der Waals surface area contributed by atoms with E-state index in [0.717, 1.165) is 19.6 Å². The fourth-order valence-electron chi connectivity index (χ4n) is 2.40. The van der Waals surface area contributed by atoms with Crippen molar-refractivity contribution in [2.24, 2.45) is 4.99 Å². The lowest BCUT2D eigenvalue weighted by atomic mass is 10.2. The smallest absolute Gasteiger partial charge is 0.246 e. The average Bonchev–Trinajstić information content (AvgIpc) is 3.00. The molecule has 0 amide bonds. The van der Waals surface area contributed by atoms with E-state index in [-0.39, 0.29) is 0 Å². The lowest BCUT2D eigenvalue weighted by molar-refractivity contribution is 0.371. The highest BCUT2D eigenvalue weighted by Crippen LogP contribution is 2.14. The number of aromatic nitrogens is 2. The number of hydrogen-bond donors (Lipinski definition) is 2. The van der Waals surface area contributed by atoms with Crippen molar-refractivity contribution in [1.82, 2.24) is 20.8 Å². The van der Waals surface area contributed by atoms with Crippen LogP contribution in [0.5, 0.6) is 0 Å². The summed E-state index contributed by atoms with van der Waals surface area (Å²) in [4.78, 5) is 10.7. The quantitative estimate of drug-likeness (QED) is 0.596. The van der Waals surface area contributed by atoms with E-state index >= 15 is 0 Å². The lowest BCUT2D eigenvalue weighted by Gasteiger charge is -2.24. The summed E-state index contributed by atoms with van der Waals surface area (Å²) in [5, 5.41) is 10.2. The molecule has 0 saturated carbocycles. The molecule has 7 nitrogen and oxygen atoms in total. The van der Waals surface area contributed by atoms with Crippen LogP contribution in [0.4, 0.5) is 5.69 Å². The summed E-state index contributed by atoms with van der Waals surface area (Å²) in [5.41, 5.74) is 2.51. The predicted molar refractivity (Wildman–Crippen MR) is 96.3 cm³/mol. The molecule has 2 N–H and O–H groups in total. The molecule has 0 radical (unpaired) electrons. The molecule has 7 heteroatoms. The summed E-state index contributed by atoms with van der Waals surface area (Å²) in [6.07, 6.45) is 0. The van der Waals surface area contributed by atoms with Gasteiger partial charge in [0.2, 0.25) is 5.89 Å². The van der Waals surface area contributed by atoms with Crippen LogP contribution in [0.15, 0.2) is 33.8 Å². The Bertz CT molecular complexity index is 667. The van der Waals surface area contributed by atoms with Crippen LogP contribution < -0.4 is 15.5 Å². The number of anilines is 1. The molecule has 0 saturated heterocycles. The fraction of sp³-hybridized carbons (Fsp3) is 0.471. The molecule has 0 aliphatic carbocycles. The van der Waals surface area contributed by atoms with Gasteiger partial charge in [-0.1, -0.05) is 17.3 Å². The SMILES string of the molecule is CCN(CCNC(=NC)NCc1nc(C)no1)c1cccc(C)c1. The van der Waals surface area contributed by atoms with Crippen LogP contribution in [0.3, 0.4) is 0 Å². The van der Waals surface area contributed by atoms with Crippen LogP contribution in [0.1, 0.15) is 24.2 Å². The Hall–Kier alpha value is -2.57. The van der Waals surface area contributed by atoms with Crippen molar-refractivity contribution < 1.29 is 4.52 Å². The van der Waals surface area contributed by atoms with Crippen molar-refractivity contribution in [2.75, 3.05) is 31.6 Å². The molecule has 1 aromatic heterocycles. The second-order valence-corrected chi connectivity index (χ2v) is 5.51. The van der Waals surface area contributed by atoms with Gasteiger partial charge in [0.25, 0.3) is 0 Å². The number of nitrogens with one attached hydrogen (secondary N) is 2. The molecule has 130 valence electrons. The molecule has 0 spiro atoms. The van der Waals surface area contributed by atoms with E-state index in [0.29, 0.717) is 24.2 Å². The van der Waals surface area contributed by atoms with Gasteiger partial charge in [0.15, 0.2) is 11.8 Å². The van der Waals surface area contributed by atoms with E-state index in [4.69, 9.17) is 4.52 Å². The highest BCUT2D eigenvalue weighted by molar-refractivity contribution is 5.79. The van der Waals surface area contributed by atoms with Crippen LogP contribution in [0.25, 0.3) is 0 Å². The molecule has 24 heavy (non-hydrogen) atoms. The molecule has 0 aliphatic rings. The van der Waals surface area contributed by atoms with E-state index < -0.39 is 0 Å². The number of rotatable bonds is 7. The summed E-state index contributed by atoms with van der Waals surface area (Å²) in [5.74, 6) is 1.89. The highest BCUT2D eigenvalue weighted by atomic mass is 16.5. The minimum Gasteiger partial charge on any atom is -0.370 e. The third kappa shape index (κ3) is 5.26. The monoisotopic (exact) mass is 330 g/mol. The number of aryl methyl sites for hydroxylation is 2. The van der Waals surface area contributed by atoms with E-state index in [1.165, 1.54) is 11.3 Å². The summed E-state index contributed by atoms with van der Waals surface area (Å²) >= 11 is 0. The van der Waals surface area contributed by atoms with Gasteiger partial charge in [-0.25, -0.2) is 0 Å². The molecule has 0 atom stereocenters. The first-order valence-electron chi connectivity index (χ1n) is 8.17. The summed E-state index contributed by atoms with van der Waals surface area (Å²) in [6.45, 7) is 9.15. The minimum absolute atomic E-state index is 0.454. The first kappa shape index (κ1) is 17.8. The molecular formula is C17H26N6O. The Balaban J connectivity index is 1.80. The zero-order chi connectivity index (χ0) is 17.4. The third-order valence-corrected chi connectivity index (χ3v) is 3.62. The van der Waals surface area contributed by atoms with Crippen molar-refractivity contribution in [3.05, 3.63) is 41.5 Å². The van der Waals surface area contributed by atoms with Gasteiger partial charge in [-0.05, 0) is 38.5 Å². The number of likely N-dealkylation sites (N-methyl/N-ethyl adjacent to an activating group) is 1. The summed E-state index contributed by atoms with van der Waals surface area (Å²) < 4.78 is 5.07. The maximum Gasteiger partial charge on any atom is 0.246 e. The Morgan fingerprint density at radius 2 is 2.12 bits per heavy atom. The largest absolute Gasteiger partial charge is 0.370 e. The number of hydrogen-bond acceptors (Lipinski definition) is 5. The molecular weight excluding hydrogens is 304 g/mol. The Morgan fingerprint density at radius 3 is 2.75 bits per heavy atom. The van der Waals surface area contributed by atoms with Crippen LogP contribution in [0, 0.1) is 13.8 Å². The van der Waals surface area contributed by atoms with Crippen LogP contribution in [0.2, 0.25) is 0 Å². The first-order valence-corrected chi connectivity index (χ1v) is 8.17.